The van der Waals surface area contributed by atoms with Crippen LogP contribution >= 0.6 is 7.26 Å². The van der Waals surface area contributed by atoms with Gasteiger partial charge in [0.2, 0.25) is 0 Å². The van der Waals surface area contributed by atoms with Crippen LogP contribution in [0.15, 0.2) is 121 Å². The highest BCUT2D eigenvalue weighted by Crippen LogP contribution is 2.58. The van der Waals surface area contributed by atoms with Crippen LogP contribution in [-0.4, -0.2) is 12.2 Å². The zero-order valence-electron chi connectivity index (χ0n) is 16.8. The van der Waals surface area contributed by atoms with Crippen molar-refractivity contribution < 1.29 is 9.84 Å². The van der Waals surface area contributed by atoms with Gasteiger partial charge < -0.3 is 9.84 Å². The van der Waals surface area contributed by atoms with Gasteiger partial charge in [-0.1, -0.05) is 54.6 Å². The average molecular weight is 411 g/mol. The lowest BCUT2D eigenvalue weighted by Crippen LogP contribution is -2.29. The van der Waals surface area contributed by atoms with Crippen molar-refractivity contribution in [2.45, 2.75) is 0 Å². The molecule has 4 aromatic carbocycles. The first-order valence-electron chi connectivity index (χ1n) is 9.86. The standard InChI is InChI=1S/C27H23O2P/c1-29-23-19-17-22(18-20-23)27(28)21-30(24-11-5-2-6-12-24,25-13-7-3-8-14-25)26-15-9-4-10-16-26/h2-21H,1H3/p+1/b27-21-. The number of benzene rings is 4. The SMILES string of the molecule is COc1ccc(/C(O)=C/[P+](c2ccccc2)(c2ccccc2)c2ccccc2)cc1. The molecule has 0 fully saturated rings. The van der Waals surface area contributed by atoms with Gasteiger partial charge in [-0.15, -0.1) is 0 Å². The van der Waals surface area contributed by atoms with E-state index in [0.29, 0.717) is 0 Å². The Morgan fingerprint density at radius 3 is 1.40 bits per heavy atom. The molecule has 4 aromatic rings. The highest BCUT2D eigenvalue weighted by molar-refractivity contribution is 7.98. The second-order valence-electron chi connectivity index (χ2n) is 6.97. The number of aliphatic hydroxyl groups is 1. The molecule has 0 bridgehead atoms. The molecule has 3 heteroatoms. The molecule has 30 heavy (non-hydrogen) atoms. The summed E-state index contributed by atoms with van der Waals surface area (Å²) in [6, 6.07) is 38.9. The maximum atomic E-state index is 11.3. The normalized spacial score (nSPS) is 11.8. The van der Waals surface area contributed by atoms with E-state index in [2.05, 4.69) is 78.6 Å². The summed E-state index contributed by atoms with van der Waals surface area (Å²) >= 11 is 0. The van der Waals surface area contributed by atoms with E-state index in [1.165, 1.54) is 15.9 Å². The zero-order chi connectivity index (χ0) is 20.8. The first-order valence-corrected chi connectivity index (χ1v) is 11.7. The van der Waals surface area contributed by atoms with E-state index in [-0.39, 0.29) is 5.76 Å². The summed E-state index contributed by atoms with van der Waals surface area (Å²) in [7, 11) is -0.597. The molecule has 0 spiro atoms. The molecule has 0 aromatic heterocycles. The van der Waals surface area contributed by atoms with Gasteiger partial charge in [0.1, 0.15) is 34.7 Å². The van der Waals surface area contributed by atoms with Gasteiger partial charge >= 0.3 is 0 Å². The number of methoxy groups -OCH3 is 1. The van der Waals surface area contributed by atoms with Crippen LogP contribution < -0.4 is 20.7 Å². The summed E-state index contributed by atoms with van der Waals surface area (Å²) in [5.74, 6) is 3.10. The topological polar surface area (TPSA) is 29.5 Å². The smallest absolute Gasteiger partial charge is 0.158 e. The fourth-order valence-electron chi connectivity index (χ4n) is 3.68. The Labute approximate surface area is 178 Å². The van der Waals surface area contributed by atoms with Crippen LogP contribution in [-0.2, 0) is 0 Å². The van der Waals surface area contributed by atoms with Crippen molar-refractivity contribution in [3.05, 3.63) is 127 Å². The minimum Gasteiger partial charge on any atom is -0.504 e. The first-order chi connectivity index (χ1) is 14.7. The molecule has 0 aliphatic carbocycles. The van der Waals surface area contributed by atoms with Crippen molar-refractivity contribution in [3.8, 4) is 5.75 Å². The minimum atomic E-state index is -2.24. The molecule has 1 N–H and O–H groups in total. The molecule has 0 heterocycles. The molecular formula is C27H24O2P+. The Morgan fingerprint density at radius 1 is 0.633 bits per heavy atom. The van der Waals surface area contributed by atoms with Crippen LogP contribution in [0.1, 0.15) is 5.56 Å². The van der Waals surface area contributed by atoms with Crippen LogP contribution in [0.2, 0.25) is 0 Å². The molecule has 4 rings (SSSR count). The molecule has 2 nitrogen and oxygen atoms in total. The minimum absolute atomic E-state index is 0.266. The van der Waals surface area contributed by atoms with Crippen molar-refractivity contribution in [3.63, 3.8) is 0 Å². The van der Waals surface area contributed by atoms with Gasteiger partial charge in [0.15, 0.2) is 5.76 Å². The van der Waals surface area contributed by atoms with E-state index >= 15 is 0 Å². The van der Waals surface area contributed by atoms with E-state index in [1.807, 2.05) is 42.5 Å². The predicted octanol–water partition coefficient (Wildman–Crippen LogP) is 5.55. The fraction of sp³-hybridized carbons (Fsp3) is 0.0370. The Balaban J connectivity index is 1.99. The fourth-order valence-corrected chi connectivity index (χ4v) is 7.46. The van der Waals surface area contributed by atoms with Gasteiger partial charge in [0, 0.05) is 5.56 Å². The van der Waals surface area contributed by atoms with Gasteiger partial charge in [-0.05, 0) is 60.7 Å². The molecule has 0 radical (unpaired) electrons. The highest BCUT2D eigenvalue weighted by atomic mass is 31.2. The first kappa shape index (κ1) is 19.9. The van der Waals surface area contributed by atoms with E-state index in [1.54, 1.807) is 7.11 Å². The highest BCUT2D eigenvalue weighted by Gasteiger charge is 2.44. The van der Waals surface area contributed by atoms with Crippen molar-refractivity contribution in [1.29, 1.82) is 0 Å². The van der Waals surface area contributed by atoms with Crippen molar-refractivity contribution in [2.75, 3.05) is 7.11 Å². The Kier molecular flexibility index (Phi) is 5.97. The van der Waals surface area contributed by atoms with Gasteiger partial charge in [-0.25, -0.2) is 0 Å². The zero-order valence-corrected chi connectivity index (χ0v) is 17.7. The van der Waals surface area contributed by atoms with Gasteiger partial charge in [-0.3, -0.25) is 0 Å². The maximum Gasteiger partial charge on any atom is 0.158 e. The summed E-state index contributed by atoms with van der Waals surface area (Å²) in [4.78, 5) is 0. The number of hydrogen-bond donors (Lipinski definition) is 1. The van der Waals surface area contributed by atoms with E-state index in [9.17, 15) is 5.11 Å². The lowest BCUT2D eigenvalue weighted by atomic mass is 10.2. The summed E-state index contributed by atoms with van der Waals surface area (Å²) in [6.45, 7) is 0. The second-order valence-corrected chi connectivity index (χ2v) is 10.2. The third kappa shape index (κ3) is 3.87. The number of ether oxygens (including phenoxy) is 1. The average Bonchev–Trinajstić information content (AvgIpc) is 2.84. The molecule has 0 amide bonds. The van der Waals surface area contributed by atoms with Crippen molar-refractivity contribution in [1.82, 2.24) is 0 Å². The van der Waals surface area contributed by atoms with Crippen LogP contribution in [0.3, 0.4) is 0 Å². The molecule has 0 unspecified atom stereocenters. The Morgan fingerprint density at radius 2 is 1.03 bits per heavy atom. The largest absolute Gasteiger partial charge is 0.504 e. The van der Waals surface area contributed by atoms with Gasteiger partial charge in [0.25, 0.3) is 0 Å². The quantitative estimate of drug-likeness (QED) is 0.333. The Bertz CT molecular complexity index is 1010. The third-order valence-corrected chi connectivity index (χ3v) is 9.16. The van der Waals surface area contributed by atoms with Crippen molar-refractivity contribution >= 4 is 28.9 Å². The van der Waals surface area contributed by atoms with Crippen LogP contribution in [0.4, 0.5) is 0 Å². The number of rotatable bonds is 6. The lowest BCUT2D eigenvalue weighted by molar-refractivity contribution is 0.414. The monoisotopic (exact) mass is 411 g/mol. The predicted molar refractivity (Wildman–Crippen MR) is 129 cm³/mol. The second kappa shape index (κ2) is 8.98. The number of hydrogen-bond acceptors (Lipinski definition) is 2. The molecular weight excluding hydrogens is 387 g/mol. The van der Waals surface area contributed by atoms with Crippen LogP contribution in [0, 0.1) is 0 Å². The van der Waals surface area contributed by atoms with Gasteiger partial charge in [0.05, 0.1) is 7.11 Å². The summed E-state index contributed by atoms with van der Waals surface area (Å²) in [5.41, 5.74) is 0.767. The molecule has 0 aliphatic rings. The molecule has 148 valence electrons. The Hall–Kier alpha value is -3.35. The summed E-state index contributed by atoms with van der Waals surface area (Å²) < 4.78 is 5.26. The number of aliphatic hydroxyl groups excluding tert-OH is 1. The van der Waals surface area contributed by atoms with E-state index in [0.717, 1.165) is 11.3 Å². The summed E-state index contributed by atoms with van der Waals surface area (Å²) in [6.07, 6.45) is 0. The van der Waals surface area contributed by atoms with Crippen molar-refractivity contribution in [2.24, 2.45) is 0 Å². The van der Waals surface area contributed by atoms with E-state index < -0.39 is 7.26 Å². The molecule has 0 saturated heterocycles. The van der Waals surface area contributed by atoms with E-state index in [4.69, 9.17) is 4.74 Å². The lowest BCUT2D eigenvalue weighted by Gasteiger charge is -2.24. The molecule has 0 saturated carbocycles. The molecule has 0 atom stereocenters. The third-order valence-electron chi connectivity index (χ3n) is 5.19. The molecule has 0 aliphatic heterocycles. The maximum absolute atomic E-state index is 11.3. The summed E-state index contributed by atoms with van der Waals surface area (Å²) in [5, 5.41) is 14.8. The van der Waals surface area contributed by atoms with Crippen LogP contribution in [0.5, 0.6) is 5.75 Å². The van der Waals surface area contributed by atoms with Gasteiger partial charge in [-0.2, -0.15) is 0 Å². The van der Waals surface area contributed by atoms with Crippen LogP contribution in [0.25, 0.3) is 5.76 Å².